The maximum Gasteiger partial charge on any atom is 0.248 e. The number of rotatable bonds is 8. The molecule has 180 valence electrons. The molecule has 1 amide bonds. The monoisotopic (exact) mass is 514 g/mol. The summed E-state index contributed by atoms with van der Waals surface area (Å²) in [6.07, 6.45) is 4.91. The van der Waals surface area contributed by atoms with Gasteiger partial charge in [-0.2, -0.15) is 5.10 Å². The fourth-order valence-electron chi connectivity index (χ4n) is 3.22. The van der Waals surface area contributed by atoms with Gasteiger partial charge in [0.05, 0.1) is 28.8 Å². The van der Waals surface area contributed by atoms with Crippen LogP contribution in [0.25, 0.3) is 11.3 Å². The zero-order valence-electron chi connectivity index (χ0n) is 18.8. The zero-order valence-corrected chi connectivity index (χ0v) is 20.3. The highest BCUT2D eigenvalue weighted by Crippen LogP contribution is 2.32. The molecule has 4 aromatic rings. The van der Waals surface area contributed by atoms with Gasteiger partial charge in [0.1, 0.15) is 11.6 Å². The van der Waals surface area contributed by atoms with E-state index in [2.05, 4.69) is 15.1 Å². The normalized spacial score (nSPS) is 11.0. The Morgan fingerprint density at radius 3 is 2.57 bits per heavy atom. The largest absolute Gasteiger partial charge is 0.473 e. The molecule has 4 rings (SSSR count). The minimum atomic E-state index is -0.554. The Bertz CT molecular complexity index is 1360. The Kier molecular flexibility index (Phi) is 7.18. The second-order valence-electron chi connectivity index (χ2n) is 7.86. The molecule has 0 saturated heterocycles. The molecule has 0 aliphatic rings. The van der Waals surface area contributed by atoms with Crippen LogP contribution in [0, 0.1) is 5.82 Å². The minimum Gasteiger partial charge on any atom is -0.473 e. The summed E-state index contributed by atoms with van der Waals surface area (Å²) in [6, 6.07) is 10.5. The number of ether oxygens (including phenoxy) is 1. The lowest BCUT2D eigenvalue weighted by Gasteiger charge is -2.24. The van der Waals surface area contributed by atoms with E-state index in [4.69, 9.17) is 33.7 Å². The van der Waals surface area contributed by atoms with Gasteiger partial charge >= 0.3 is 0 Å². The molecule has 0 aliphatic carbocycles. The highest BCUT2D eigenvalue weighted by Gasteiger charge is 2.21. The van der Waals surface area contributed by atoms with E-state index in [9.17, 15) is 9.18 Å². The van der Waals surface area contributed by atoms with Gasteiger partial charge in [0, 0.05) is 28.4 Å². The van der Waals surface area contributed by atoms with E-state index in [0.29, 0.717) is 32.6 Å². The first-order valence-electron chi connectivity index (χ1n) is 10.5. The van der Waals surface area contributed by atoms with Crippen molar-refractivity contribution in [3.8, 4) is 17.0 Å². The van der Waals surface area contributed by atoms with Crippen LogP contribution in [0.15, 0.2) is 61.1 Å². The van der Waals surface area contributed by atoms with Crippen molar-refractivity contribution < 1.29 is 13.9 Å². The number of nitrogens with zero attached hydrogens (tertiary/aromatic N) is 5. The van der Waals surface area contributed by atoms with Crippen LogP contribution in [0.4, 0.5) is 16.0 Å². The van der Waals surface area contributed by atoms with Crippen LogP contribution in [-0.2, 0) is 0 Å². The van der Waals surface area contributed by atoms with Crippen molar-refractivity contribution in [3.63, 3.8) is 0 Å². The number of carbonyl (C=O) groups excluding carboxylic acids is 1. The number of halogens is 3. The van der Waals surface area contributed by atoms with Crippen molar-refractivity contribution in [1.29, 1.82) is 0 Å². The SMILES string of the molecule is CC(C)n1cc(-c2nc(N(COc3ccc(C(N)=O)cc3)c3cc(Cl)ccc3F)ncc2Cl)cn1. The van der Waals surface area contributed by atoms with Gasteiger partial charge in [0.15, 0.2) is 6.73 Å². The summed E-state index contributed by atoms with van der Waals surface area (Å²) in [5.74, 6) is -0.539. The Hall–Kier alpha value is -3.69. The number of hydrogen-bond acceptors (Lipinski definition) is 6. The topological polar surface area (TPSA) is 99.2 Å². The first-order valence-corrected chi connectivity index (χ1v) is 11.3. The van der Waals surface area contributed by atoms with Crippen molar-refractivity contribution in [2.75, 3.05) is 11.6 Å². The van der Waals surface area contributed by atoms with Gasteiger partial charge < -0.3 is 10.5 Å². The number of aromatic nitrogens is 4. The molecule has 11 heteroatoms. The summed E-state index contributed by atoms with van der Waals surface area (Å²) in [7, 11) is 0. The number of primary amides is 1. The van der Waals surface area contributed by atoms with Crippen molar-refractivity contribution in [1.82, 2.24) is 19.7 Å². The number of carbonyl (C=O) groups is 1. The van der Waals surface area contributed by atoms with Gasteiger partial charge in [0.25, 0.3) is 0 Å². The first-order chi connectivity index (χ1) is 16.7. The van der Waals surface area contributed by atoms with Crippen LogP contribution in [-0.4, -0.2) is 32.4 Å². The molecule has 0 fully saturated rings. The zero-order chi connectivity index (χ0) is 25.1. The molecule has 0 radical (unpaired) electrons. The summed E-state index contributed by atoms with van der Waals surface area (Å²) in [5, 5.41) is 4.97. The summed E-state index contributed by atoms with van der Waals surface area (Å²) in [6.45, 7) is 3.83. The van der Waals surface area contributed by atoms with Gasteiger partial charge in [-0.3, -0.25) is 14.4 Å². The lowest BCUT2D eigenvalue weighted by molar-refractivity contribution is 0.1000. The fourth-order valence-corrected chi connectivity index (χ4v) is 3.58. The molecule has 0 aliphatic heterocycles. The predicted octanol–water partition coefficient (Wildman–Crippen LogP) is 5.64. The Morgan fingerprint density at radius 1 is 1.17 bits per heavy atom. The highest BCUT2D eigenvalue weighted by molar-refractivity contribution is 6.33. The summed E-state index contributed by atoms with van der Waals surface area (Å²) in [4.78, 5) is 21.6. The molecule has 35 heavy (non-hydrogen) atoms. The number of hydrogen-bond donors (Lipinski definition) is 1. The van der Waals surface area contributed by atoms with Crippen LogP contribution < -0.4 is 15.4 Å². The third-order valence-electron chi connectivity index (χ3n) is 5.07. The van der Waals surface area contributed by atoms with Crippen molar-refractivity contribution in [2.24, 2.45) is 5.73 Å². The average molecular weight is 515 g/mol. The fraction of sp³-hybridized carbons (Fsp3) is 0.167. The smallest absolute Gasteiger partial charge is 0.248 e. The summed E-state index contributed by atoms with van der Waals surface area (Å²) < 4.78 is 22.5. The maximum atomic E-state index is 14.9. The molecule has 0 saturated carbocycles. The summed E-state index contributed by atoms with van der Waals surface area (Å²) in [5.41, 5.74) is 6.84. The lowest BCUT2D eigenvalue weighted by Crippen LogP contribution is -2.26. The van der Waals surface area contributed by atoms with Gasteiger partial charge in [0.2, 0.25) is 11.9 Å². The standard InChI is InChI=1S/C24H21Cl2FN6O2/c1-14(2)33-12-16(10-30-33)22-19(26)11-29-24(31-22)32(21-9-17(25)5-8-20(21)27)13-35-18-6-3-15(4-7-18)23(28)34/h3-12,14H,13H2,1-2H3,(H2,28,34). The number of amides is 1. The van der Waals surface area contributed by atoms with Crippen molar-refractivity contribution >= 4 is 40.7 Å². The third-order valence-corrected chi connectivity index (χ3v) is 5.59. The molecule has 0 spiro atoms. The molecule has 0 atom stereocenters. The van der Waals surface area contributed by atoms with E-state index >= 15 is 0 Å². The van der Waals surface area contributed by atoms with E-state index in [1.165, 1.54) is 41.4 Å². The quantitative estimate of drug-likeness (QED) is 0.305. The molecule has 2 heterocycles. The van der Waals surface area contributed by atoms with Gasteiger partial charge in [-0.25, -0.2) is 14.4 Å². The van der Waals surface area contributed by atoms with E-state index in [-0.39, 0.29) is 24.4 Å². The number of anilines is 2. The molecule has 2 aromatic carbocycles. The van der Waals surface area contributed by atoms with Crippen molar-refractivity contribution in [3.05, 3.63) is 82.5 Å². The predicted molar refractivity (Wildman–Crippen MR) is 133 cm³/mol. The molecule has 0 unspecified atom stereocenters. The lowest BCUT2D eigenvalue weighted by atomic mass is 10.2. The van der Waals surface area contributed by atoms with Gasteiger partial charge in [-0.05, 0) is 56.3 Å². The number of benzene rings is 2. The molecule has 2 aromatic heterocycles. The van der Waals surface area contributed by atoms with Crippen LogP contribution in [0.5, 0.6) is 5.75 Å². The van der Waals surface area contributed by atoms with Crippen LogP contribution in [0.2, 0.25) is 10.0 Å². The minimum absolute atomic E-state index is 0.109. The molecule has 0 bridgehead atoms. The average Bonchev–Trinajstić information content (AvgIpc) is 3.33. The second-order valence-corrected chi connectivity index (χ2v) is 8.70. The van der Waals surface area contributed by atoms with Crippen LogP contribution >= 0.6 is 23.2 Å². The Balaban J connectivity index is 1.72. The van der Waals surface area contributed by atoms with Gasteiger partial charge in [-0.1, -0.05) is 23.2 Å². The van der Waals surface area contributed by atoms with Crippen LogP contribution in [0.1, 0.15) is 30.2 Å². The third kappa shape index (κ3) is 5.52. The molecule has 2 N–H and O–H groups in total. The molecular formula is C24H21Cl2FN6O2. The maximum absolute atomic E-state index is 14.9. The Labute approximate surface area is 211 Å². The van der Waals surface area contributed by atoms with E-state index in [0.717, 1.165) is 0 Å². The van der Waals surface area contributed by atoms with Gasteiger partial charge in [-0.15, -0.1) is 0 Å². The molecular weight excluding hydrogens is 494 g/mol. The van der Waals surface area contributed by atoms with E-state index in [1.54, 1.807) is 23.0 Å². The molecule has 8 nitrogen and oxygen atoms in total. The first kappa shape index (κ1) is 24.4. The summed E-state index contributed by atoms with van der Waals surface area (Å²) >= 11 is 12.5. The van der Waals surface area contributed by atoms with E-state index in [1.807, 2.05) is 20.0 Å². The second kappa shape index (κ2) is 10.3. The van der Waals surface area contributed by atoms with E-state index < -0.39 is 11.7 Å². The van der Waals surface area contributed by atoms with Crippen molar-refractivity contribution in [2.45, 2.75) is 19.9 Å². The number of nitrogens with two attached hydrogens (primary N) is 1. The Morgan fingerprint density at radius 2 is 1.91 bits per heavy atom. The van der Waals surface area contributed by atoms with Crippen LogP contribution in [0.3, 0.4) is 0 Å². The highest BCUT2D eigenvalue weighted by atomic mass is 35.5.